The molecule has 1 N–H and O–H groups in total. The van der Waals surface area contributed by atoms with Crippen LogP contribution >= 0.6 is 0 Å². The van der Waals surface area contributed by atoms with Crippen LogP contribution < -0.4 is 10.1 Å². The summed E-state index contributed by atoms with van der Waals surface area (Å²) < 4.78 is 71.4. The molecule has 0 aliphatic heterocycles. The Bertz CT molecular complexity index is 537. The van der Waals surface area contributed by atoms with Crippen molar-refractivity contribution in [3.05, 3.63) is 23.8 Å². The molecule has 0 saturated heterocycles. The van der Waals surface area contributed by atoms with Crippen LogP contribution in [0.3, 0.4) is 0 Å². The van der Waals surface area contributed by atoms with E-state index in [0.29, 0.717) is 12.1 Å². The second kappa shape index (κ2) is 6.37. The Morgan fingerprint density at radius 1 is 1.18 bits per heavy atom. The molecule has 1 amide bonds. The fraction of sp³-hybridized carbons (Fsp3) is 0.462. The molecule has 0 spiro atoms. The fourth-order valence-corrected chi connectivity index (χ4v) is 1.45. The van der Waals surface area contributed by atoms with Crippen molar-refractivity contribution in [3.8, 4) is 5.75 Å². The van der Waals surface area contributed by atoms with Gasteiger partial charge in [0.15, 0.2) is 0 Å². The number of carbonyl (C=O) groups excluding carboxylic acids is 1. The average Bonchev–Trinajstić information content (AvgIpc) is 2.26. The third-order valence-electron chi connectivity index (χ3n) is 2.15. The summed E-state index contributed by atoms with van der Waals surface area (Å²) in [5.74, 6) is -1.03. The minimum Gasteiger partial charge on any atom is -0.444 e. The lowest BCUT2D eigenvalue weighted by molar-refractivity contribution is -0.141. The first kappa shape index (κ1) is 18.0. The molecular weight excluding hydrogens is 313 g/mol. The minimum atomic E-state index is -4.92. The maximum absolute atomic E-state index is 12.8. The van der Waals surface area contributed by atoms with Gasteiger partial charge < -0.3 is 9.47 Å². The van der Waals surface area contributed by atoms with E-state index < -0.39 is 35.8 Å². The van der Waals surface area contributed by atoms with Crippen molar-refractivity contribution in [1.29, 1.82) is 0 Å². The van der Waals surface area contributed by atoms with Gasteiger partial charge in [-0.3, -0.25) is 5.32 Å². The summed E-state index contributed by atoms with van der Waals surface area (Å²) in [7, 11) is 0. The van der Waals surface area contributed by atoms with Crippen LogP contribution in [-0.4, -0.2) is 18.3 Å². The first-order valence-electron chi connectivity index (χ1n) is 6.04. The molecule has 0 aliphatic rings. The highest BCUT2D eigenvalue weighted by Gasteiger charge is 2.35. The molecule has 124 valence electrons. The van der Waals surface area contributed by atoms with Crippen molar-refractivity contribution in [2.45, 2.75) is 39.2 Å². The lowest BCUT2D eigenvalue weighted by Crippen LogP contribution is -2.27. The second-order valence-electron chi connectivity index (χ2n) is 5.21. The number of alkyl halides is 5. The minimum absolute atomic E-state index is 0.261. The topological polar surface area (TPSA) is 47.6 Å². The maximum atomic E-state index is 12.8. The van der Waals surface area contributed by atoms with Crippen LogP contribution in [0.25, 0.3) is 0 Å². The largest absolute Gasteiger partial charge is 0.444 e. The van der Waals surface area contributed by atoms with Crippen molar-refractivity contribution >= 4 is 11.8 Å². The van der Waals surface area contributed by atoms with E-state index >= 15 is 0 Å². The van der Waals surface area contributed by atoms with Crippen LogP contribution in [0.4, 0.5) is 32.4 Å². The number of ether oxygens (including phenoxy) is 2. The van der Waals surface area contributed by atoms with Gasteiger partial charge >= 0.3 is 18.9 Å². The van der Waals surface area contributed by atoms with Gasteiger partial charge in [0.2, 0.25) is 0 Å². The predicted molar refractivity (Wildman–Crippen MR) is 67.9 cm³/mol. The third kappa shape index (κ3) is 5.74. The molecule has 1 aromatic carbocycles. The second-order valence-corrected chi connectivity index (χ2v) is 5.21. The SMILES string of the molecule is CC(C)(C)OC(=O)Nc1ccc(OC(F)F)c(C(F)(F)F)c1. The van der Waals surface area contributed by atoms with Crippen LogP contribution in [0.5, 0.6) is 5.75 Å². The number of hydrogen-bond acceptors (Lipinski definition) is 3. The summed E-state index contributed by atoms with van der Waals surface area (Å²) in [6.07, 6.45) is -5.89. The van der Waals surface area contributed by atoms with Gasteiger partial charge in [0.1, 0.15) is 11.4 Å². The number of anilines is 1. The molecule has 1 rings (SSSR count). The summed E-state index contributed by atoms with van der Waals surface area (Å²) in [6, 6.07) is 2.18. The van der Waals surface area contributed by atoms with E-state index in [0.717, 1.165) is 6.07 Å². The highest BCUT2D eigenvalue weighted by molar-refractivity contribution is 5.85. The highest BCUT2D eigenvalue weighted by atomic mass is 19.4. The van der Waals surface area contributed by atoms with E-state index in [-0.39, 0.29) is 5.69 Å². The van der Waals surface area contributed by atoms with E-state index in [4.69, 9.17) is 4.74 Å². The lowest BCUT2D eigenvalue weighted by atomic mass is 10.1. The Hall–Kier alpha value is -2.06. The number of hydrogen-bond donors (Lipinski definition) is 1. The van der Waals surface area contributed by atoms with Crippen molar-refractivity contribution < 1.29 is 36.2 Å². The van der Waals surface area contributed by atoms with E-state index in [9.17, 15) is 26.7 Å². The molecule has 0 radical (unpaired) electrons. The van der Waals surface area contributed by atoms with E-state index in [1.54, 1.807) is 20.8 Å². The number of amides is 1. The monoisotopic (exact) mass is 327 g/mol. The van der Waals surface area contributed by atoms with Crippen molar-refractivity contribution in [2.24, 2.45) is 0 Å². The van der Waals surface area contributed by atoms with Crippen molar-refractivity contribution in [2.75, 3.05) is 5.32 Å². The van der Waals surface area contributed by atoms with Gasteiger partial charge in [0.05, 0.1) is 5.56 Å². The van der Waals surface area contributed by atoms with Gasteiger partial charge in [-0.05, 0) is 39.0 Å². The molecule has 0 bridgehead atoms. The number of rotatable bonds is 3. The lowest BCUT2D eigenvalue weighted by Gasteiger charge is -2.20. The van der Waals surface area contributed by atoms with Gasteiger partial charge in [-0.15, -0.1) is 0 Å². The smallest absolute Gasteiger partial charge is 0.420 e. The quantitative estimate of drug-likeness (QED) is 0.822. The maximum Gasteiger partial charge on any atom is 0.420 e. The molecule has 0 fully saturated rings. The Morgan fingerprint density at radius 2 is 1.77 bits per heavy atom. The average molecular weight is 327 g/mol. The van der Waals surface area contributed by atoms with Crippen molar-refractivity contribution in [1.82, 2.24) is 0 Å². The first-order valence-corrected chi connectivity index (χ1v) is 6.04. The van der Waals surface area contributed by atoms with E-state index in [2.05, 4.69) is 10.1 Å². The van der Waals surface area contributed by atoms with Crippen LogP contribution in [0.2, 0.25) is 0 Å². The molecular formula is C13H14F5NO3. The Kier molecular flexibility index (Phi) is 5.21. The molecule has 22 heavy (non-hydrogen) atoms. The molecule has 0 atom stereocenters. The third-order valence-corrected chi connectivity index (χ3v) is 2.15. The number of benzene rings is 1. The summed E-state index contributed by atoms with van der Waals surface area (Å²) in [6.45, 7) is 1.33. The highest BCUT2D eigenvalue weighted by Crippen LogP contribution is 2.38. The van der Waals surface area contributed by atoms with Crippen LogP contribution in [0, 0.1) is 0 Å². The van der Waals surface area contributed by atoms with Gasteiger partial charge in [-0.25, -0.2) is 4.79 Å². The van der Waals surface area contributed by atoms with Gasteiger partial charge in [-0.1, -0.05) is 0 Å². The standard InChI is InChI=1S/C13H14F5NO3/c1-12(2,3)22-11(20)19-7-4-5-9(21-10(14)15)8(6-7)13(16,17)18/h4-6,10H,1-3H3,(H,19,20). The predicted octanol–water partition coefficient (Wildman–Crippen LogP) is 4.65. The zero-order valence-corrected chi connectivity index (χ0v) is 11.9. The Balaban J connectivity index is 3.02. The first-order chi connectivity index (χ1) is 9.88. The molecule has 1 aromatic rings. The molecule has 0 unspecified atom stereocenters. The summed E-state index contributed by atoms with van der Waals surface area (Å²) in [4.78, 5) is 11.5. The Labute approximate surface area is 123 Å². The van der Waals surface area contributed by atoms with E-state index in [1.165, 1.54) is 0 Å². The van der Waals surface area contributed by atoms with Gasteiger partial charge in [-0.2, -0.15) is 22.0 Å². The van der Waals surface area contributed by atoms with E-state index in [1.807, 2.05) is 0 Å². The molecule has 9 heteroatoms. The molecule has 0 saturated carbocycles. The normalized spacial score (nSPS) is 12.2. The zero-order valence-electron chi connectivity index (χ0n) is 11.9. The fourth-order valence-electron chi connectivity index (χ4n) is 1.45. The summed E-state index contributed by atoms with van der Waals surface area (Å²) in [5.41, 5.74) is -2.53. The van der Waals surface area contributed by atoms with Crippen LogP contribution in [0.15, 0.2) is 18.2 Å². The summed E-state index contributed by atoms with van der Waals surface area (Å²) in [5, 5.41) is 2.09. The number of nitrogens with one attached hydrogen (secondary N) is 1. The van der Waals surface area contributed by atoms with Crippen molar-refractivity contribution in [3.63, 3.8) is 0 Å². The van der Waals surface area contributed by atoms with Crippen LogP contribution in [-0.2, 0) is 10.9 Å². The molecule has 0 aliphatic carbocycles. The number of carbonyl (C=O) groups is 1. The molecule has 0 aromatic heterocycles. The molecule has 0 heterocycles. The Morgan fingerprint density at radius 3 is 2.23 bits per heavy atom. The summed E-state index contributed by atoms with van der Waals surface area (Å²) >= 11 is 0. The number of halogens is 5. The van der Waals surface area contributed by atoms with Gasteiger partial charge in [0, 0.05) is 5.69 Å². The molecule has 4 nitrogen and oxygen atoms in total. The zero-order chi connectivity index (χ0) is 17.1. The van der Waals surface area contributed by atoms with Crippen LogP contribution in [0.1, 0.15) is 26.3 Å². The van der Waals surface area contributed by atoms with Gasteiger partial charge in [0.25, 0.3) is 0 Å².